The van der Waals surface area contributed by atoms with Gasteiger partial charge in [-0.25, -0.2) is 4.79 Å². The Bertz CT molecular complexity index is 664. The molecule has 1 heterocycles. The molecule has 0 aliphatic heterocycles. The summed E-state index contributed by atoms with van der Waals surface area (Å²) in [7, 11) is 1.64. The summed E-state index contributed by atoms with van der Waals surface area (Å²) in [5, 5.41) is 3.17. The predicted molar refractivity (Wildman–Crippen MR) is 66.8 cm³/mol. The molecule has 0 spiro atoms. The van der Waals surface area contributed by atoms with Gasteiger partial charge in [-0.15, -0.1) is 0 Å². The van der Waals surface area contributed by atoms with Gasteiger partial charge in [-0.1, -0.05) is 0 Å². The molecule has 5 nitrogen and oxygen atoms in total. The van der Waals surface area contributed by atoms with Crippen LogP contribution in [0.1, 0.15) is 23.2 Å². The molecule has 1 aliphatic carbocycles. The molecule has 1 saturated carbocycles. The van der Waals surface area contributed by atoms with Gasteiger partial charge < -0.3 is 9.73 Å². The largest absolute Gasteiger partial charge is 0.419 e. The zero-order chi connectivity index (χ0) is 12.7. The van der Waals surface area contributed by atoms with E-state index < -0.39 is 5.76 Å². The lowest BCUT2D eigenvalue weighted by molar-refractivity contribution is 0.0990. The summed E-state index contributed by atoms with van der Waals surface area (Å²) in [5.41, 5.74) is 1.73. The first-order valence-electron chi connectivity index (χ1n) is 6.01. The van der Waals surface area contributed by atoms with Crippen molar-refractivity contribution in [1.29, 1.82) is 0 Å². The van der Waals surface area contributed by atoms with Crippen molar-refractivity contribution in [2.45, 2.75) is 18.9 Å². The smallest absolute Gasteiger partial charge is 0.408 e. The minimum atomic E-state index is -0.411. The molecule has 2 aromatic rings. The molecule has 1 N–H and O–H groups in total. The number of aryl methyl sites for hydroxylation is 1. The molecule has 94 valence electrons. The van der Waals surface area contributed by atoms with Crippen LogP contribution in [0.25, 0.3) is 11.1 Å². The normalized spacial score (nSPS) is 15.2. The van der Waals surface area contributed by atoms with Crippen LogP contribution in [-0.4, -0.2) is 22.9 Å². The highest BCUT2D eigenvalue weighted by atomic mass is 16.4. The van der Waals surface area contributed by atoms with Crippen molar-refractivity contribution in [2.24, 2.45) is 7.05 Å². The second-order valence-electron chi connectivity index (χ2n) is 4.69. The number of carbonyl (C=O) groups is 1. The highest BCUT2D eigenvalue weighted by Crippen LogP contribution is 2.19. The molecule has 1 aliphatic rings. The van der Waals surface area contributed by atoms with Crippen LogP contribution in [0.4, 0.5) is 0 Å². The Morgan fingerprint density at radius 3 is 3.00 bits per heavy atom. The van der Waals surface area contributed by atoms with E-state index in [0.29, 0.717) is 29.2 Å². The third kappa shape index (κ3) is 1.97. The lowest BCUT2D eigenvalue weighted by Gasteiger charge is -2.02. The SMILES string of the molecule is Cn1c(=O)oc2cc(C(=O)CNC3CC3)ccc21. The van der Waals surface area contributed by atoms with Gasteiger partial charge in [0.05, 0.1) is 12.1 Å². The van der Waals surface area contributed by atoms with Crippen LogP contribution >= 0.6 is 0 Å². The molecule has 3 rings (SSSR count). The third-order valence-electron chi connectivity index (χ3n) is 3.24. The van der Waals surface area contributed by atoms with Crippen molar-refractivity contribution in [3.05, 3.63) is 34.3 Å². The van der Waals surface area contributed by atoms with Crippen molar-refractivity contribution in [3.63, 3.8) is 0 Å². The van der Waals surface area contributed by atoms with E-state index in [4.69, 9.17) is 4.42 Å². The van der Waals surface area contributed by atoms with Crippen molar-refractivity contribution in [3.8, 4) is 0 Å². The molecule has 0 amide bonds. The molecule has 1 aromatic heterocycles. The van der Waals surface area contributed by atoms with Gasteiger partial charge in [0.2, 0.25) is 0 Å². The fraction of sp³-hybridized carbons (Fsp3) is 0.385. The third-order valence-corrected chi connectivity index (χ3v) is 3.24. The van der Waals surface area contributed by atoms with Gasteiger partial charge in [0.1, 0.15) is 0 Å². The molecular weight excluding hydrogens is 232 g/mol. The summed E-state index contributed by atoms with van der Waals surface area (Å²) in [6.07, 6.45) is 2.31. The van der Waals surface area contributed by atoms with E-state index in [1.54, 1.807) is 25.2 Å². The van der Waals surface area contributed by atoms with Gasteiger partial charge in [0, 0.05) is 18.7 Å². The Hall–Kier alpha value is -1.88. The van der Waals surface area contributed by atoms with Gasteiger partial charge in [-0.2, -0.15) is 0 Å². The van der Waals surface area contributed by atoms with Gasteiger partial charge in [0.25, 0.3) is 0 Å². The van der Waals surface area contributed by atoms with E-state index in [-0.39, 0.29) is 5.78 Å². The summed E-state index contributed by atoms with van der Waals surface area (Å²) in [4.78, 5) is 23.3. The van der Waals surface area contributed by atoms with Gasteiger partial charge in [0.15, 0.2) is 11.4 Å². The summed E-state index contributed by atoms with van der Waals surface area (Å²) < 4.78 is 6.48. The van der Waals surface area contributed by atoms with Gasteiger partial charge in [-0.05, 0) is 31.0 Å². The maximum Gasteiger partial charge on any atom is 0.419 e. The van der Waals surface area contributed by atoms with Crippen LogP contribution in [0.5, 0.6) is 0 Å². The van der Waals surface area contributed by atoms with E-state index in [1.165, 1.54) is 4.57 Å². The molecule has 0 atom stereocenters. The average Bonchev–Trinajstić information content (AvgIpc) is 3.14. The lowest BCUT2D eigenvalue weighted by Crippen LogP contribution is -2.24. The van der Waals surface area contributed by atoms with Crippen molar-refractivity contribution in [2.75, 3.05) is 6.54 Å². The van der Waals surface area contributed by atoms with E-state index in [1.807, 2.05) is 0 Å². The first-order valence-corrected chi connectivity index (χ1v) is 6.01. The van der Waals surface area contributed by atoms with Gasteiger partial charge in [-0.3, -0.25) is 9.36 Å². The molecule has 0 unspecified atom stereocenters. The number of aromatic nitrogens is 1. The highest BCUT2D eigenvalue weighted by molar-refractivity contribution is 5.99. The summed E-state index contributed by atoms with van der Waals surface area (Å²) >= 11 is 0. The van der Waals surface area contributed by atoms with E-state index in [2.05, 4.69) is 5.32 Å². The van der Waals surface area contributed by atoms with Crippen molar-refractivity contribution >= 4 is 16.9 Å². The summed E-state index contributed by atoms with van der Waals surface area (Å²) in [6.45, 7) is 0.341. The number of fused-ring (bicyclic) bond motifs is 1. The number of rotatable bonds is 4. The van der Waals surface area contributed by atoms with Crippen LogP contribution in [0, 0.1) is 0 Å². The Kier molecular flexibility index (Phi) is 2.56. The van der Waals surface area contributed by atoms with Crippen LogP contribution in [-0.2, 0) is 7.05 Å². The maximum absolute atomic E-state index is 11.9. The molecule has 0 saturated heterocycles. The minimum absolute atomic E-state index is 0.0234. The monoisotopic (exact) mass is 246 g/mol. The topological polar surface area (TPSA) is 64.2 Å². The zero-order valence-corrected chi connectivity index (χ0v) is 10.1. The van der Waals surface area contributed by atoms with Gasteiger partial charge >= 0.3 is 5.76 Å². The number of hydrogen-bond donors (Lipinski definition) is 1. The second kappa shape index (κ2) is 4.10. The molecule has 1 aromatic carbocycles. The van der Waals surface area contributed by atoms with Crippen LogP contribution < -0.4 is 11.1 Å². The molecule has 0 bridgehead atoms. The quantitative estimate of drug-likeness (QED) is 0.819. The van der Waals surface area contributed by atoms with E-state index in [0.717, 1.165) is 12.8 Å². The number of hydrogen-bond acceptors (Lipinski definition) is 4. The first kappa shape index (κ1) is 11.2. The Balaban J connectivity index is 1.87. The van der Waals surface area contributed by atoms with E-state index >= 15 is 0 Å². The molecule has 5 heteroatoms. The number of carbonyl (C=O) groups excluding carboxylic acids is 1. The Morgan fingerprint density at radius 2 is 2.28 bits per heavy atom. The van der Waals surface area contributed by atoms with Crippen LogP contribution in [0.3, 0.4) is 0 Å². The molecular formula is C13H14N2O3. The number of Topliss-reactive ketones (excluding diaryl/α,β-unsaturated/α-hetero) is 1. The minimum Gasteiger partial charge on any atom is -0.408 e. The average molecular weight is 246 g/mol. The molecule has 1 fully saturated rings. The fourth-order valence-corrected chi connectivity index (χ4v) is 1.93. The fourth-order valence-electron chi connectivity index (χ4n) is 1.93. The number of ketones is 1. The number of oxazole rings is 1. The number of nitrogens with zero attached hydrogens (tertiary/aromatic N) is 1. The maximum atomic E-state index is 11.9. The summed E-state index contributed by atoms with van der Waals surface area (Å²) in [6, 6.07) is 5.61. The zero-order valence-electron chi connectivity index (χ0n) is 10.1. The first-order chi connectivity index (χ1) is 8.65. The van der Waals surface area contributed by atoms with Crippen LogP contribution in [0.15, 0.2) is 27.4 Å². The highest BCUT2D eigenvalue weighted by Gasteiger charge is 2.21. The summed E-state index contributed by atoms with van der Waals surface area (Å²) in [5.74, 6) is -0.388. The number of benzene rings is 1. The molecule has 18 heavy (non-hydrogen) atoms. The predicted octanol–water partition coefficient (Wildman–Crippen LogP) is 1.07. The molecule has 0 radical (unpaired) electrons. The van der Waals surface area contributed by atoms with Crippen molar-refractivity contribution < 1.29 is 9.21 Å². The Labute approximate surface area is 103 Å². The second-order valence-corrected chi connectivity index (χ2v) is 4.69. The van der Waals surface area contributed by atoms with E-state index in [9.17, 15) is 9.59 Å². The van der Waals surface area contributed by atoms with Crippen LogP contribution in [0.2, 0.25) is 0 Å². The lowest BCUT2D eigenvalue weighted by atomic mass is 10.1. The number of nitrogens with one attached hydrogen (secondary N) is 1. The standard InChI is InChI=1S/C13H14N2O3/c1-15-10-5-2-8(6-12(10)18-13(15)17)11(16)7-14-9-3-4-9/h2,5-6,9,14H,3-4,7H2,1H3. The van der Waals surface area contributed by atoms with Crippen molar-refractivity contribution in [1.82, 2.24) is 9.88 Å². The Morgan fingerprint density at radius 1 is 1.50 bits per heavy atom.